The Hall–Kier alpha value is -3.22. The van der Waals surface area contributed by atoms with Crippen molar-refractivity contribution in [1.29, 1.82) is 0 Å². The van der Waals surface area contributed by atoms with Crippen molar-refractivity contribution in [1.82, 2.24) is 15.5 Å². The Morgan fingerprint density at radius 1 is 1.06 bits per heavy atom. The molecule has 2 aliphatic heterocycles. The third kappa shape index (κ3) is 5.69. The van der Waals surface area contributed by atoms with Crippen LogP contribution in [0.25, 0.3) is 0 Å². The molecule has 2 N–H and O–H groups in total. The number of ether oxygens (including phenoxy) is 2. The van der Waals surface area contributed by atoms with Gasteiger partial charge in [-0.15, -0.1) is 0 Å². The summed E-state index contributed by atoms with van der Waals surface area (Å²) in [4.78, 5) is 18.5. The van der Waals surface area contributed by atoms with Crippen LogP contribution in [0, 0.1) is 0 Å². The largest absolute Gasteiger partial charge is 0.454 e. The Morgan fingerprint density at radius 3 is 2.77 bits per heavy atom. The van der Waals surface area contributed by atoms with Crippen molar-refractivity contribution in [3.8, 4) is 11.5 Å². The highest BCUT2D eigenvalue weighted by Crippen LogP contribution is 2.32. The van der Waals surface area contributed by atoms with Crippen LogP contribution >= 0.6 is 0 Å². The van der Waals surface area contributed by atoms with Crippen molar-refractivity contribution >= 4 is 11.9 Å². The number of hydrogen-bond acceptors (Lipinski definition) is 4. The number of aliphatic imine (C=N–C) groups is 1. The molecular formula is C24H30N4O3. The van der Waals surface area contributed by atoms with Gasteiger partial charge in [-0.05, 0) is 48.6 Å². The van der Waals surface area contributed by atoms with E-state index >= 15 is 0 Å². The van der Waals surface area contributed by atoms with Crippen molar-refractivity contribution in [2.24, 2.45) is 4.99 Å². The highest BCUT2D eigenvalue weighted by molar-refractivity contribution is 5.79. The Bertz CT molecular complexity index is 944. The molecule has 0 radical (unpaired) electrons. The van der Waals surface area contributed by atoms with Gasteiger partial charge in [0.05, 0.1) is 6.54 Å². The lowest BCUT2D eigenvalue weighted by atomic mass is 10.1. The minimum absolute atomic E-state index is 0.254. The fourth-order valence-corrected chi connectivity index (χ4v) is 3.85. The number of guanidine groups is 1. The maximum Gasteiger partial charge on any atom is 0.231 e. The van der Waals surface area contributed by atoms with E-state index in [1.807, 2.05) is 23.1 Å². The molecule has 2 aromatic carbocycles. The van der Waals surface area contributed by atoms with E-state index in [0.717, 1.165) is 61.1 Å². The molecule has 0 aromatic heterocycles. The third-order valence-corrected chi connectivity index (χ3v) is 5.44. The van der Waals surface area contributed by atoms with Crippen LogP contribution in [0.2, 0.25) is 0 Å². The Labute approximate surface area is 183 Å². The topological polar surface area (TPSA) is 75.2 Å². The van der Waals surface area contributed by atoms with E-state index in [1.165, 1.54) is 5.56 Å². The predicted octanol–water partition coefficient (Wildman–Crippen LogP) is 2.84. The minimum Gasteiger partial charge on any atom is -0.454 e. The fraction of sp³-hybridized carbons (Fsp3) is 0.417. The van der Waals surface area contributed by atoms with E-state index in [0.29, 0.717) is 26.3 Å². The normalized spacial score (nSPS) is 15.5. The number of hydrogen-bond donors (Lipinski definition) is 2. The van der Waals surface area contributed by atoms with Gasteiger partial charge in [0.25, 0.3) is 0 Å². The Kier molecular flexibility index (Phi) is 6.92. The summed E-state index contributed by atoms with van der Waals surface area (Å²) >= 11 is 0. The van der Waals surface area contributed by atoms with Gasteiger partial charge in [0.2, 0.25) is 12.7 Å². The molecule has 164 valence electrons. The maximum atomic E-state index is 11.9. The zero-order valence-electron chi connectivity index (χ0n) is 18.0. The van der Waals surface area contributed by atoms with Crippen LogP contribution in [0.4, 0.5) is 0 Å². The second kappa shape index (κ2) is 10.2. The van der Waals surface area contributed by atoms with Gasteiger partial charge in [-0.25, -0.2) is 4.99 Å². The van der Waals surface area contributed by atoms with Crippen LogP contribution in [0.3, 0.4) is 0 Å². The number of likely N-dealkylation sites (tertiary alicyclic amines) is 1. The lowest BCUT2D eigenvalue weighted by Crippen LogP contribution is -2.38. The quantitative estimate of drug-likeness (QED) is 0.505. The Balaban J connectivity index is 1.31. The molecule has 0 unspecified atom stereocenters. The number of benzene rings is 2. The van der Waals surface area contributed by atoms with E-state index < -0.39 is 0 Å². The molecule has 0 saturated carbocycles. The van der Waals surface area contributed by atoms with Crippen LogP contribution in [-0.4, -0.2) is 43.2 Å². The van der Waals surface area contributed by atoms with E-state index in [2.05, 4.69) is 41.8 Å². The van der Waals surface area contributed by atoms with Crippen molar-refractivity contribution in [2.45, 2.75) is 39.3 Å². The van der Waals surface area contributed by atoms with Gasteiger partial charge in [-0.1, -0.05) is 30.3 Å². The second-order valence-electron chi connectivity index (χ2n) is 7.80. The van der Waals surface area contributed by atoms with Crippen molar-refractivity contribution < 1.29 is 14.3 Å². The summed E-state index contributed by atoms with van der Waals surface area (Å²) in [5, 5.41) is 6.70. The summed E-state index contributed by atoms with van der Waals surface area (Å²) in [5.74, 6) is 2.67. The molecule has 0 aliphatic carbocycles. The first-order chi connectivity index (χ1) is 15.2. The molecule has 1 saturated heterocycles. The molecule has 7 heteroatoms. The van der Waals surface area contributed by atoms with E-state index in [4.69, 9.17) is 14.5 Å². The third-order valence-electron chi connectivity index (χ3n) is 5.44. The zero-order valence-corrected chi connectivity index (χ0v) is 18.0. The number of carbonyl (C=O) groups is 1. The van der Waals surface area contributed by atoms with Gasteiger partial charge in [0, 0.05) is 32.6 Å². The van der Waals surface area contributed by atoms with Crippen molar-refractivity contribution in [2.75, 3.05) is 26.4 Å². The number of carbonyl (C=O) groups excluding carboxylic acids is 1. The molecule has 0 bridgehead atoms. The van der Waals surface area contributed by atoms with Gasteiger partial charge in [-0.3, -0.25) is 4.79 Å². The molecule has 1 amide bonds. The number of nitrogens with zero attached hydrogens (tertiary/aromatic N) is 2. The highest BCUT2D eigenvalue weighted by Gasteiger charge is 2.20. The van der Waals surface area contributed by atoms with Crippen LogP contribution < -0.4 is 20.1 Å². The summed E-state index contributed by atoms with van der Waals surface area (Å²) in [7, 11) is 0. The molecular weight excluding hydrogens is 392 g/mol. The van der Waals surface area contributed by atoms with Crippen LogP contribution in [0.1, 0.15) is 36.5 Å². The summed E-state index contributed by atoms with van der Waals surface area (Å²) < 4.78 is 10.8. The van der Waals surface area contributed by atoms with Crippen LogP contribution in [0.15, 0.2) is 47.5 Å². The number of amides is 1. The highest BCUT2D eigenvalue weighted by atomic mass is 16.7. The monoisotopic (exact) mass is 422 g/mol. The molecule has 0 atom stereocenters. The van der Waals surface area contributed by atoms with Gasteiger partial charge in [0.1, 0.15) is 0 Å². The van der Waals surface area contributed by atoms with E-state index in [9.17, 15) is 4.79 Å². The number of rotatable bonds is 8. The van der Waals surface area contributed by atoms with Gasteiger partial charge < -0.3 is 25.0 Å². The first-order valence-corrected chi connectivity index (χ1v) is 11.0. The lowest BCUT2D eigenvalue weighted by molar-refractivity contribution is -0.128. The molecule has 4 rings (SSSR count). The maximum absolute atomic E-state index is 11.9. The predicted molar refractivity (Wildman–Crippen MR) is 120 cm³/mol. The molecule has 31 heavy (non-hydrogen) atoms. The molecule has 2 aromatic rings. The van der Waals surface area contributed by atoms with E-state index in [1.54, 1.807) is 0 Å². The van der Waals surface area contributed by atoms with Gasteiger partial charge in [-0.2, -0.15) is 0 Å². The average Bonchev–Trinajstić information content (AvgIpc) is 3.41. The Morgan fingerprint density at radius 2 is 1.94 bits per heavy atom. The average molecular weight is 423 g/mol. The van der Waals surface area contributed by atoms with Crippen molar-refractivity contribution in [3.63, 3.8) is 0 Å². The summed E-state index contributed by atoms with van der Waals surface area (Å²) in [6, 6.07) is 14.4. The standard InChI is InChI=1S/C24H30N4O3/c1-2-25-24(26-11-10-18-8-9-21-22(14-18)31-17-30-21)27-15-19-5-3-6-20(13-19)16-28-12-4-7-23(28)29/h3,5-6,8-9,13-14H,2,4,7,10-12,15-17H2,1H3,(H2,25,26,27). The minimum atomic E-state index is 0.254. The smallest absolute Gasteiger partial charge is 0.231 e. The summed E-state index contributed by atoms with van der Waals surface area (Å²) in [6.45, 7) is 6.05. The molecule has 2 heterocycles. The van der Waals surface area contributed by atoms with E-state index in [-0.39, 0.29) is 5.91 Å². The number of fused-ring (bicyclic) bond motifs is 1. The first kappa shape index (κ1) is 21.0. The van der Waals surface area contributed by atoms with Crippen LogP contribution in [0.5, 0.6) is 11.5 Å². The van der Waals surface area contributed by atoms with Crippen LogP contribution in [-0.2, 0) is 24.3 Å². The summed E-state index contributed by atoms with van der Waals surface area (Å²) in [6.07, 6.45) is 2.50. The molecule has 0 spiro atoms. The fourth-order valence-electron chi connectivity index (χ4n) is 3.85. The molecule has 1 fully saturated rings. The molecule has 2 aliphatic rings. The van der Waals surface area contributed by atoms with Gasteiger partial charge >= 0.3 is 0 Å². The second-order valence-corrected chi connectivity index (χ2v) is 7.80. The summed E-state index contributed by atoms with van der Waals surface area (Å²) in [5.41, 5.74) is 3.48. The zero-order chi connectivity index (χ0) is 21.5. The van der Waals surface area contributed by atoms with Gasteiger partial charge in [0.15, 0.2) is 17.5 Å². The van der Waals surface area contributed by atoms with Crippen molar-refractivity contribution in [3.05, 3.63) is 59.2 Å². The lowest BCUT2D eigenvalue weighted by Gasteiger charge is -2.16. The molecule has 7 nitrogen and oxygen atoms in total. The first-order valence-electron chi connectivity index (χ1n) is 11.0. The number of nitrogens with one attached hydrogen (secondary N) is 2. The SMILES string of the molecule is CCNC(=NCc1cccc(CN2CCCC2=O)c1)NCCc1ccc2c(c1)OCO2.